The molecule has 0 bridgehead atoms. The summed E-state index contributed by atoms with van der Waals surface area (Å²) in [7, 11) is 0. The molecule has 2 aromatic heterocycles. The molecule has 3 N–H and O–H groups in total. The van der Waals surface area contributed by atoms with E-state index in [1.807, 2.05) is 22.6 Å². The zero-order chi connectivity index (χ0) is 13.6. The van der Waals surface area contributed by atoms with Crippen LogP contribution in [0.2, 0.25) is 0 Å². The van der Waals surface area contributed by atoms with Crippen molar-refractivity contribution < 1.29 is 14.9 Å². The third-order valence-corrected chi connectivity index (χ3v) is 3.88. The average molecular weight is 378 g/mol. The lowest BCUT2D eigenvalue weighted by Crippen LogP contribution is -2.29. The minimum atomic E-state index is -0.796. The van der Waals surface area contributed by atoms with Crippen LogP contribution in [0.15, 0.2) is 11.1 Å². The number of rotatable bonds is 2. The summed E-state index contributed by atoms with van der Waals surface area (Å²) in [5.74, 6) is 0. The fourth-order valence-corrected chi connectivity index (χ4v) is 2.92. The van der Waals surface area contributed by atoms with Crippen LogP contribution in [0.3, 0.4) is 0 Å². The lowest BCUT2D eigenvalue weighted by molar-refractivity contribution is -0.0465. The van der Waals surface area contributed by atoms with Crippen LogP contribution >= 0.6 is 22.6 Å². The van der Waals surface area contributed by atoms with Crippen LogP contribution < -0.4 is 5.56 Å². The smallest absolute Gasteiger partial charge is 0.282 e. The van der Waals surface area contributed by atoms with Gasteiger partial charge in [-0.05, 0) is 0 Å². The molecule has 0 radical (unpaired) electrons. The summed E-state index contributed by atoms with van der Waals surface area (Å²) >= 11 is 1.92. The van der Waals surface area contributed by atoms with Gasteiger partial charge in [0.1, 0.15) is 12.3 Å². The number of aromatic nitrogens is 4. The molecule has 8 nitrogen and oxygen atoms in total. The molecule has 3 rings (SSSR count). The molecule has 1 aliphatic heterocycles. The molecule has 0 spiro atoms. The second kappa shape index (κ2) is 4.81. The van der Waals surface area contributed by atoms with Crippen LogP contribution in [0, 0.1) is 3.83 Å². The molecule has 3 atom stereocenters. The van der Waals surface area contributed by atoms with Crippen LogP contribution in [-0.2, 0) is 4.74 Å². The van der Waals surface area contributed by atoms with Gasteiger partial charge in [-0.15, -0.1) is 0 Å². The third kappa shape index (κ3) is 2.06. The van der Waals surface area contributed by atoms with E-state index in [1.165, 1.54) is 10.9 Å². The molecular weight excluding hydrogens is 367 g/mol. The summed E-state index contributed by atoms with van der Waals surface area (Å²) in [5, 5.41) is 18.8. The van der Waals surface area contributed by atoms with Gasteiger partial charge in [-0.1, -0.05) is 0 Å². The Bertz CT molecular complexity index is 669. The number of halogens is 1. The molecule has 0 amide bonds. The Morgan fingerprint density at radius 2 is 2.42 bits per heavy atom. The van der Waals surface area contributed by atoms with Gasteiger partial charge in [0, 0.05) is 29.0 Å². The average Bonchev–Trinajstić information content (AvgIpc) is 2.95. The number of aliphatic hydroxyl groups excluding tert-OH is 2. The summed E-state index contributed by atoms with van der Waals surface area (Å²) in [6, 6.07) is 0. The van der Waals surface area contributed by atoms with Gasteiger partial charge in [-0.3, -0.25) is 9.36 Å². The molecule has 102 valence electrons. The highest BCUT2D eigenvalue weighted by Crippen LogP contribution is 2.28. The van der Waals surface area contributed by atoms with E-state index in [2.05, 4.69) is 15.0 Å². The minimum absolute atomic E-state index is 0.239. The number of aromatic amines is 1. The van der Waals surface area contributed by atoms with E-state index >= 15 is 0 Å². The van der Waals surface area contributed by atoms with Crippen LogP contribution in [0.1, 0.15) is 12.6 Å². The molecule has 1 saturated heterocycles. The topological polar surface area (TPSA) is 113 Å². The first kappa shape index (κ1) is 13.0. The summed E-state index contributed by atoms with van der Waals surface area (Å²) in [6.45, 7) is -0.289. The molecular formula is C10H11IN4O4. The molecule has 19 heavy (non-hydrogen) atoms. The summed E-state index contributed by atoms with van der Waals surface area (Å²) in [6.07, 6.45) is -0.463. The summed E-state index contributed by atoms with van der Waals surface area (Å²) < 4.78 is 7.27. The molecule has 1 aliphatic rings. The van der Waals surface area contributed by atoms with E-state index in [0.717, 1.165) is 0 Å². The zero-order valence-corrected chi connectivity index (χ0v) is 11.8. The fraction of sp³-hybridized carbons (Fsp3) is 0.500. The number of hydrogen-bond acceptors (Lipinski definition) is 6. The maximum atomic E-state index is 12.3. The van der Waals surface area contributed by atoms with Crippen LogP contribution in [0.5, 0.6) is 0 Å². The van der Waals surface area contributed by atoms with Crippen molar-refractivity contribution in [2.24, 2.45) is 0 Å². The van der Waals surface area contributed by atoms with E-state index < -0.39 is 18.4 Å². The van der Waals surface area contributed by atoms with Crippen molar-refractivity contribution >= 4 is 33.8 Å². The van der Waals surface area contributed by atoms with Crippen molar-refractivity contribution in [3.05, 3.63) is 20.5 Å². The predicted octanol–water partition coefficient (Wildman–Crippen LogP) is -0.635. The predicted molar refractivity (Wildman–Crippen MR) is 72.5 cm³/mol. The summed E-state index contributed by atoms with van der Waals surface area (Å²) in [5.41, 5.74) is 0.344. The monoisotopic (exact) mass is 378 g/mol. The lowest BCUT2D eigenvalue weighted by Gasteiger charge is -2.15. The first-order valence-corrected chi connectivity index (χ1v) is 6.75. The number of nitrogens with zero attached hydrogens (tertiary/aromatic N) is 3. The Hall–Kier alpha value is -1.04. The van der Waals surface area contributed by atoms with Crippen molar-refractivity contribution in [1.29, 1.82) is 0 Å². The highest BCUT2D eigenvalue weighted by Gasteiger charge is 2.36. The van der Waals surface area contributed by atoms with Gasteiger partial charge in [0.2, 0.25) is 0 Å². The lowest BCUT2D eigenvalue weighted by atomic mass is 10.2. The molecule has 1 unspecified atom stereocenters. The second-order valence-electron chi connectivity index (χ2n) is 4.27. The van der Waals surface area contributed by atoms with Crippen LogP contribution in [-0.4, -0.2) is 48.5 Å². The Morgan fingerprint density at radius 3 is 3.11 bits per heavy atom. The van der Waals surface area contributed by atoms with Gasteiger partial charge in [-0.2, -0.15) is 0 Å². The Balaban J connectivity index is 2.08. The molecule has 9 heteroatoms. The Kier molecular flexibility index (Phi) is 3.28. The third-order valence-electron chi connectivity index (χ3n) is 3.12. The molecule has 0 aliphatic carbocycles. The van der Waals surface area contributed by atoms with Crippen molar-refractivity contribution in [3.63, 3.8) is 0 Å². The fourth-order valence-electron chi connectivity index (χ4n) is 2.16. The first-order valence-electron chi connectivity index (χ1n) is 5.67. The number of fused-ring (bicyclic) bond motifs is 1. The highest BCUT2D eigenvalue weighted by atomic mass is 127. The van der Waals surface area contributed by atoms with Crippen molar-refractivity contribution in [3.8, 4) is 0 Å². The van der Waals surface area contributed by atoms with Crippen LogP contribution in [0.4, 0.5) is 0 Å². The van der Waals surface area contributed by atoms with E-state index in [1.54, 1.807) is 0 Å². The SMILES string of the molecule is O=c1c2[nH]cnc2nc(I)n1C1C[C@H](O)[C@@H](CO)O1. The van der Waals surface area contributed by atoms with Gasteiger partial charge in [0.25, 0.3) is 5.56 Å². The van der Waals surface area contributed by atoms with Crippen molar-refractivity contribution in [2.75, 3.05) is 6.61 Å². The van der Waals surface area contributed by atoms with Crippen molar-refractivity contribution in [2.45, 2.75) is 24.9 Å². The van der Waals surface area contributed by atoms with Gasteiger partial charge in [0.05, 0.1) is 19.0 Å². The van der Waals surface area contributed by atoms with Gasteiger partial charge in [0.15, 0.2) is 15.0 Å². The molecule has 1 fully saturated rings. The number of aliphatic hydroxyl groups is 2. The number of hydrogen-bond donors (Lipinski definition) is 3. The van der Waals surface area contributed by atoms with Crippen molar-refractivity contribution in [1.82, 2.24) is 19.5 Å². The van der Waals surface area contributed by atoms with E-state index in [0.29, 0.717) is 15.0 Å². The number of H-pyrrole nitrogens is 1. The molecule has 2 aromatic rings. The van der Waals surface area contributed by atoms with Gasteiger partial charge >= 0.3 is 0 Å². The normalized spacial score (nSPS) is 27.2. The summed E-state index contributed by atoms with van der Waals surface area (Å²) in [4.78, 5) is 23.2. The quantitative estimate of drug-likeness (QED) is 0.474. The maximum Gasteiger partial charge on any atom is 0.282 e. The maximum absolute atomic E-state index is 12.3. The standard InChI is InChI=1S/C10H11IN4O4/c11-10-14-8-7(12-3-13-8)9(18)15(10)6-1-4(17)5(2-16)19-6/h3-6,16-17H,1-2H2,(H,12,13)/t4-,5+,6?/m0/s1. The molecule has 3 heterocycles. The Labute approximate surface area is 120 Å². The number of ether oxygens (including phenoxy) is 1. The van der Waals surface area contributed by atoms with E-state index in [4.69, 9.17) is 9.84 Å². The van der Waals surface area contributed by atoms with Gasteiger partial charge in [-0.25, -0.2) is 9.97 Å². The largest absolute Gasteiger partial charge is 0.394 e. The van der Waals surface area contributed by atoms with E-state index in [-0.39, 0.29) is 18.6 Å². The second-order valence-corrected chi connectivity index (χ2v) is 5.24. The van der Waals surface area contributed by atoms with Crippen LogP contribution in [0.25, 0.3) is 11.2 Å². The first-order chi connectivity index (χ1) is 9.11. The van der Waals surface area contributed by atoms with Gasteiger partial charge < -0.3 is 19.9 Å². The molecule has 0 saturated carbocycles. The Morgan fingerprint density at radius 1 is 1.63 bits per heavy atom. The highest BCUT2D eigenvalue weighted by molar-refractivity contribution is 14.1. The minimum Gasteiger partial charge on any atom is -0.394 e. The number of imidazole rings is 1. The zero-order valence-electron chi connectivity index (χ0n) is 9.65. The molecule has 0 aromatic carbocycles. The number of nitrogens with one attached hydrogen (secondary N) is 1. The van der Waals surface area contributed by atoms with E-state index in [9.17, 15) is 9.90 Å².